The van der Waals surface area contributed by atoms with E-state index in [1.807, 2.05) is 0 Å². The molecule has 0 unspecified atom stereocenters. The van der Waals surface area contributed by atoms with E-state index in [0.29, 0.717) is 0 Å². The molecule has 0 spiro atoms. The number of hydrogen-bond donors (Lipinski definition) is 0. The van der Waals surface area contributed by atoms with Crippen LogP contribution in [0.5, 0.6) is 0 Å². The fraction of sp³-hybridized carbons (Fsp3) is 1.00. The molecule has 2 aliphatic rings. The van der Waals surface area contributed by atoms with Gasteiger partial charge in [-0.05, 0) is 6.04 Å². The average Bonchev–Trinajstić information content (AvgIpc) is 2.12. The van der Waals surface area contributed by atoms with Crippen LogP contribution < -0.4 is 0 Å². The van der Waals surface area contributed by atoms with Gasteiger partial charge in [0.2, 0.25) is 0 Å². The van der Waals surface area contributed by atoms with E-state index in [1.165, 1.54) is 44.8 Å². The summed E-state index contributed by atoms with van der Waals surface area (Å²) in [7, 11) is 0. The standard InChI is InChI=1S/C10H18BCl3Si/c12-15(13,14)8-7-11-9-3-1-4-10(11)6-2-5-9/h9-10H,1-8H2. The zero-order valence-corrected chi connectivity index (χ0v) is 12.3. The van der Waals surface area contributed by atoms with Crippen molar-refractivity contribution in [3.63, 3.8) is 0 Å². The summed E-state index contributed by atoms with van der Waals surface area (Å²) < 4.78 is 0. The van der Waals surface area contributed by atoms with Crippen molar-refractivity contribution in [2.75, 3.05) is 0 Å². The van der Waals surface area contributed by atoms with E-state index in [2.05, 4.69) is 0 Å². The Labute approximate surface area is 108 Å². The van der Waals surface area contributed by atoms with E-state index in [-0.39, 0.29) is 0 Å². The van der Waals surface area contributed by atoms with Crippen LogP contribution in [0.3, 0.4) is 0 Å². The highest BCUT2D eigenvalue weighted by atomic mass is 35.8. The fourth-order valence-electron chi connectivity index (χ4n) is 3.62. The third-order valence-electron chi connectivity index (χ3n) is 4.27. The van der Waals surface area contributed by atoms with E-state index in [4.69, 9.17) is 33.2 Å². The predicted molar refractivity (Wildman–Crippen MR) is 73.9 cm³/mol. The number of fused-ring (bicyclic) bond motifs is 2. The van der Waals surface area contributed by atoms with Crippen LogP contribution in [0, 0.1) is 0 Å². The van der Waals surface area contributed by atoms with Gasteiger partial charge in [0.1, 0.15) is 6.71 Å². The zero-order chi connectivity index (χ0) is 10.9. The van der Waals surface area contributed by atoms with Gasteiger partial charge in [0.05, 0.1) is 0 Å². The summed E-state index contributed by atoms with van der Waals surface area (Å²) >= 11 is 17.9. The summed E-state index contributed by atoms with van der Waals surface area (Å²) in [5.74, 6) is 1.91. The van der Waals surface area contributed by atoms with Gasteiger partial charge < -0.3 is 0 Å². The molecule has 0 aliphatic carbocycles. The third-order valence-corrected chi connectivity index (χ3v) is 6.83. The molecule has 2 saturated heterocycles. The summed E-state index contributed by atoms with van der Waals surface area (Å²) in [4.78, 5) is 0. The molecule has 86 valence electrons. The molecule has 2 rings (SSSR count). The first-order valence-electron chi connectivity index (χ1n) is 6.13. The molecule has 2 heterocycles. The first-order chi connectivity index (χ1) is 7.06. The fourth-order valence-corrected chi connectivity index (χ4v) is 5.26. The first-order valence-corrected chi connectivity index (χ1v) is 11.4. The van der Waals surface area contributed by atoms with Gasteiger partial charge in [-0.25, -0.2) is 0 Å². The smallest absolute Gasteiger partial charge is 0.126 e. The molecule has 2 fully saturated rings. The monoisotopic (exact) mass is 282 g/mol. The molecule has 0 aromatic carbocycles. The van der Waals surface area contributed by atoms with E-state index in [9.17, 15) is 0 Å². The molecular formula is C10H18BCl3Si. The van der Waals surface area contributed by atoms with Crippen LogP contribution in [0.1, 0.15) is 38.5 Å². The van der Waals surface area contributed by atoms with Crippen molar-refractivity contribution < 1.29 is 0 Å². The quantitative estimate of drug-likeness (QED) is 0.490. The Kier molecular flexibility index (Phi) is 4.37. The van der Waals surface area contributed by atoms with Crippen LogP contribution in [0.2, 0.25) is 24.0 Å². The summed E-state index contributed by atoms with van der Waals surface area (Å²) in [6.07, 6.45) is 9.79. The maximum Gasteiger partial charge on any atom is 0.340 e. The van der Waals surface area contributed by atoms with Crippen molar-refractivity contribution in [3.8, 4) is 0 Å². The van der Waals surface area contributed by atoms with Crippen molar-refractivity contribution >= 4 is 46.0 Å². The second kappa shape index (κ2) is 5.20. The Morgan fingerprint density at radius 1 is 0.933 bits per heavy atom. The van der Waals surface area contributed by atoms with Gasteiger partial charge >= 0.3 is 6.00 Å². The van der Waals surface area contributed by atoms with Crippen molar-refractivity contribution in [2.24, 2.45) is 0 Å². The van der Waals surface area contributed by atoms with Crippen molar-refractivity contribution in [2.45, 2.75) is 62.5 Å². The Bertz CT molecular complexity index is 197. The largest absolute Gasteiger partial charge is 0.340 e. The molecule has 0 N–H and O–H groups in total. The van der Waals surface area contributed by atoms with E-state index >= 15 is 0 Å². The topological polar surface area (TPSA) is 0 Å². The predicted octanol–water partition coefficient (Wildman–Crippen LogP) is 5.24. The lowest BCUT2D eigenvalue weighted by Crippen LogP contribution is -2.35. The summed E-state index contributed by atoms with van der Waals surface area (Å²) in [6.45, 7) is 0.885. The van der Waals surface area contributed by atoms with Gasteiger partial charge in [0, 0.05) is 0 Å². The lowest BCUT2D eigenvalue weighted by atomic mass is 9.26. The van der Waals surface area contributed by atoms with Crippen LogP contribution in [0.15, 0.2) is 0 Å². The summed E-state index contributed by atoms with van der Waals surface area (Å²) in [6, 6.07) is -1.50. The lowest BCUT2D eigenvalue weighted by Gasteiger charge is -2.41. The van der Waals surface area contributed by atoms with Gasteiger partial charge in [-0.2, -0.15) is 0 Å². The molecule has 0 saturated carbocycles. The van der Waals surface area contributed by atoms with Crippen molar-refractivity contribution in [1.29, 1.82) is 0 Å². The molecule has 5 heteroatoms. The maximum absolute atomic E-state index is 5.98. The lowest BCUT2D eigenvalue weighted by molar-refractivity contribution is 0.442. The van der Waals surface area contributed by atoms with Crippen LogP contribution in [0.4, 0.5) is 0 Å². The van der Waals surface area contributed by atoms with E-state index in [1.54, 1.807) is 0 Å². The van der Waals surface area contributed by atoms with Crippen LogP contribution in [-0.4, -0.2) is 12.7 Å². The Morgan fingerprint density at radius 2 is 1.40 bits per heavy atom. The summed E-state index contributed by atoms with van der Waals surface area (Å²) in [5.41, 5.74) is 0. The van der Waals surface area contributed by atoms with Crippen molar-refractivity contribution in [3.05, 3.63) is 0 Å². The highest BCUT2D eigenvalue weighted by molar-refractivity contribution is 7.64. The molecule has 15 heavy (non-hydrogen) atoms. The van der Waals surface area contributed by atoms with Crippen LogP contribution >= 0.6 is 33.2 Å². The number of hydrogen-bond acceptors (Lipinski definition) is 0. The van der Waals surface area contributed by atoms with E-state index in [0.717, 1.165) is 24.4 Å². The minimum Gasteiger partial charge on any atom is -0.126 e. The molecule has 0 radical (unpaired) electrons. The molecule has 0 atom stereocenters. The highest BCUT2D eigenvalue weighted by Gasteiger charge is 2.40. The van der Waals surface area contributed by atoms with Crippen molar-refractivity contribution in [1.82, 2.24) is 0 Å². The minimum atomic E-state index is -2.37. The number of rotatable bonds is 3. The molecular weight excluding hydrogens is 265 g/mol. The first kappa shape index (κ1) is 12.6. The Hall–Kier alpha value is 1.15. The second-order valence-corrected chi connectivity index (χ2v) is 14.5. The average molecular weight is 284 g/mol. The van der Waals surface area contributed by atoms with Crippen LogP contribution in [-0.2, 0) is 0 Å². The number of halogens is 3. The highest BCUT2D eigenvalue weighted by Crippen LogP contribution is 2.48. The SMILES string of the molecule is Cl[Si](Cl)(Cl)CCB1C2CCCC1CCC2. The molecule has 0 aromatic rings. The van der Waals surface area contributed by atoms with Gasteiger partial charge in [-0.1, -0.05) is 56.5 Å². The van der Waals surface area contributed by atoms with E-state index < -0.39 is 6.00 Å². The molecule has 0 nitrogen and oxygen atoms in total. The van der Waals surface area contributed by atoms with Gasteiger partial charge in [-0.15, -0.1) is 33.2 Å². The molecule has 0 aromatic heterocycles. The Morgan fingerprint density at radius 3 is 1.80 bits per heavy atom. The van der Waals surface area contributed by atoms with Gasteiger partial charge in [0.25, 0.3) is 0 Å². The zero-order valence-electron chi connectivity index (χ0n) is 9.02. The Balaban J connectivity index is 1.89. The third kappa shape index (κ3) is 3.55. The molecule has 2 aliphatic heterocycles. The van der Waals surface area contributed by atoms with Crippen LogP contribution in [0.25, 0.3) is 0 Å². The normalized spacial score (nSPS) is 31.8. The minimum absolute atomic E-state index is 0.870. The molecule has 2 bridgehead atoms. The summed E-state index contributed by atoms with van der Waals surface area (Å²) in [5, 5.41) is 0. The second-order valence-electron chi connectivity index (χ2n) is 5.20. The van der Waals surface area contributed by atoms with Gasteiger partial charge in [-0.3, -0.25) is 0 Å². The maximum atomic E-state index is 5.98. The van der Waals surface area contributed by atoms with Gasteiger partial charge in [0.15, 0.2) is 0 Å². The molecule has 0 amide bonds.